The van der Waals surface area contributed by atoms with Crippen LogP contribution in [0.5, 0.6) is 11.5 Å². The van der Waals surface area contributed by atoms with E-state index in [1.54, 1.807) is 4.90 Å². The van der Waals surface area contributed by atoms with Gasteiger partial charge >= 0.3 is 0 Å². The van der Waals surface area contributed by atoms with Crippen LogP contribution in [-0.2, 0) is 4.79 Å². The summed E-state index contributed by atoms with van der Waals surface area (Å²) in [7, 11) is 1.43. The van der Waals surface area contributed by atoms with Crippen molar-refractivity contribution in [1.29, 1.82) is 0 Å². The SMILES string of the molecule is COc1cc(F)ccc1O[C@@H]1CCN(C(=O)C(C)(C)Nc2ccccc2)C[C@H]1O. The van der Waals surface area contributed by atoms with E-state index in [0.717, 1.165) is 5.69 Å². The second-order valence-electron chi connectivity index (χ2n) is 7.67. The maximum Gasteiger partial charge on any atom is 0.247 e. The number of likely N-dealkylation sites (tertiary alicyclic amines) is 1. The molecule has 0 aromatic heterocycles. The van der Waals surface area contributed by atoms with E-state index in [1.807, 2.05) is 44.2 Å². The van der Waals surface area contributed by atoms with E-state index in [-0.39, 0.29) is 18.2 Å². The van der Waals surface area contributed by atoms with Crippen LogP contribution in [0.15, 0.2) is 48.5 Å². The van der Waals surface area contributed by atoms with Crippen molar-refractivity contribution in [2.45, 2.75) is 38.0 Å². The third-order valence-corrected chi connectivity index (χ3v) is 4.98. The van der Waals surface area contributed by atoms with Gasteiger partial charge in [0, 0.05) is 24.7 Å². The van der Waals surface area contributed by atoms with Gasteiger partial charge in [-0.3, -0.25) is 4.79 Å². The number of β-amino-alcohol motifs (C(OH)–C–C–N with tert-alkyl or cyclic N) is 1. The molecule has 0 bridgehead atoms. The Morgan fingerprint density at radius 2 is 1.93 bits per heavy atom. The minimum absolute atomic E-state index is 0.0989. The third kappa shape index (κ3) is 4.98. The van der Waals surface area contributed by atoms with Crippen molar-refractivity contribution in [3.8, 4) is 11.5 Å². The van der Waals surface area contributed by atoms with Crippen LogP contribution >= 0.6 is 0 Å². The van der Waals surface area contributed by atoms with Crippen LogP contribution in [0.4, 0.5) is 10.1 Å². The first-order chi connectivity index (χ1) is 13.8. The number of nitrogens with one attached hydrogen (secondary N) is 1. The molecule has 2 aromatic carbocycles. The molecule has 156 valence electrons. The highest BCUT2D eigenvalue weighted by Crippen LogP contribution is 2.30. The van der Waals surface area contributed by atoms with Crippen LogP contribution < -0.4 is 14.8 Å². The molecular formula is C22H27FN2O4. The molecule has 2 N–H and O–H groups in total. The van der Waals surface area contributed by atoms with Gasteiger partial charge in [-0.15, -0.1) is 0 Å². The number of aliphatic hydroxyl groups excluding tert-OH is 1. The van der Waals surface area contributed by atoms with Crippen LogP contribution in [0.25, 0.3) is 0 Å². The Kier molecular flexibility index (Phi) is 6.27. The van der Waals surface area contributed by atoms with Gasteiger partial charge in [0.05, 0.1) is 13.7 Å². The number of rotatable bonds is 6. The second-order valence-corrected chi connectivity index (χ2v) is 7.67. The molecule has 2 aromatic rings. The molecule has 1 saturated heterocycles. The molecule has 7 heteroatoms. The van der Waals surface area contributed by atoms with Gasteiger partial charge in [0.2, 0.25) is 5.91 Å². The van der Waals surface area contributed by atoms with Crippen molar-refractivity contribution in [1.82, 2.24) is 4.90 Å². The molecule has 1 amide bonds. The Hall–Kier alpha value is -2.80. The fraction of sp³-hybridized carbons (Fsp3) is 0.409. The number of halogens is 1. The molecule has 0 saturated carbocycles. The molecule has 0 unspecified atom stereocenters. The number of carbonyl (C=O) groups is 1. The van der Waals surface area contributed by atoms with Crippen molar-refractivity contribution in [3.05, 3.63) is 54.3 Å². The molecule has 1 heterocycles. The summed E-state index contributed by atoms with van der Waals surface area (Å²) in [5.41, 5.74) is 0.0302. The summed E-state index contributed by atoms with van der Waals surface area (Å²) in [6.45, 7) is 4.25. The average Bonchev–Trinajstić information content (AvgIpc) is 2.70. The van der Waals surface area contributed by atoms with E-state index in [2.05, 4.69) is 5.32 Å². The number of hydrogen-bond acceptors (Lipinski definition) is 5. The summed E-state index contributed by atoms with van der Waals surface area (Å²) in [6.07, 6.45) is -0.923. The van der Waals surface area contributed by atoms with Crippen LogP contribution in [-0.4, -0.2) is 53.9 Å². The normalized spacial score (nSPS) is 19.6. The number of methoxy groups -OCH3 is 1. The van der Waals surface area contributed by atoms with Gasteiger partial charge in [0.25, 0.3) is 0 Å². The molecule has 2 atom stereocenters. The first-order valence-corrected chi connectivity index (χ1v) is 9.61. The van der Waals surface area contributed by atoms with E-state index in [0.29, 0.717) is 18.7 Å². The summed E-state index contributed by atoms with van der Waals surface area (Å²) >= 11 is 0. The topological polar surface area (TPSA) is 71.0 Å². The Labute approximate surface area is 170 Å². The van der Waals surface area contributed by atoms with Crippen LogP contribution in [0.2, 0.25) is 0 Å². The number of nitrogens with zero attached hydrogens (tertiary/aromatic N) is 1. The monoisotopic (exact) mass is 402 g/mol. The predicted octanol–water partition coefficient (Wildman–Crippen LogP) is 3.07. The lowest BCUT2D eigenvalue weighted by atomic mass is 9.98. The first-order valence-electron chi connectivity index (χ1n) is 9.61. The van der Waals surface area contributed by atoms with Crippen molar-refractivity contribution in [3.63, 3.8) is 0 Å². The van der Waals surface area contributed by atoms with Crippen molar-refractivity contribution >= 4 is 11.6 Å². The lowest BCUT2D eigenvalue weighted by Crippen LogP contribution is -2.57. The summed E-state index contributed by atoms with van der Waals surface area (Å²) in [5.74, 6) is 0.106. The highest BCUT2D eigenvalue weighted by molar-refractivity contribution is 5.88. The number of ether oxygens (including phenoxy) is 2. The van der Waals surface area contributed by atoms with Gasteiger partial charge < -0.3 is 24.8 Å². The number of carbonyl (C=O) groups excluding carboxylic acids is 1. The standard InChI is InChI=1S/C22H27FN2O4/c1-22(2,24-16-7-5-4-6-8-16)21(27)25-12-11-18(17(26)14-25)29-19-10-9-15(23)13-20(19)28-3/h4-10,13,17-18,24,26H,11-12,14H2,1-3H3/t17-,18-/m1/s1. The first kappa shape index (κ1) is 20.9. The van der Waals surface area contributed by atoms with Crippen molar-refractivity contribution in [2.24, 2.45) is 0 Å². The summed E-state index contributed by atoms with van der Waals surface area (Å²) in [4.78, 5) is 14.7. The number of hydrogen-bond donors (Lipinski definition) is 2. The second kappa shape index (κ2) is 8.69. The number of piperidine rings is 1. The zero-order chi connectivity index (χ0) is 21.0. The molecule has 6 nitrogen and oxygen atoms in total. The van der Waals surface area contributed by atoms with Gasteiger partial charge in [0.15, 0.2) is 11.5 Å². The zero-order valence-electron chi connectivity index (χ0n) is 16.9. The molecule has 29 heavy (non-hydrogen) atoms. The summed E-state index contributed by atoms with van der Waals surface area (Å²) < 4.78 is 24.4. The molecule has 0 radical (unpaired) electrons. The molecule has 1 aliphatic rings. The van der Waals surface area contributed by atoms with E-state index in [4.69, 9.17) is 9.47 Å². The van der Waals surface area contributed by atoms with Gasteiger partial charge in [-0.25, -0.2) is 4.39 Å². The fourth-order valence-corrected chi connectivity index (χ4v) is 3.46. The largest absolute Gasteiger partial charge is 0.493 e. The zero-order valence-corrected chi connectivity index (χ0v) is 16.9. The number of anilines is 1. The highest BCUT2D eigenvalue weighted by atomic mass is 19.1. The molecule has 1 aliphatic heterocycles. The van der Waals surface area contributed by atoms with E-state index < -0.39 is 23.6 Å². The van der Waals surface area contributed by atoms with Gasteiger partial charge in [-0.05, 0) is 38.1 Å². The smallest absolute Gasteiger partial charge is 0.247 e. The third-order valence-electron chi connectivity index (χ3n) is 4.98. The summed E-state index contributed by atoms with van der Waals surface area (Å²) in [6, 6.07) is 13.5. The molecule has 1 fully saturated rings. The lowest BCUT2D eigenvalue weighted by Gasteiger charge is -2.40. The number of aliphatic hydroxyl groups is 1. The van der Waals surface area contributed by atoms with Gasteiger partial charge in [-0.1, -0.05) is 18.2 Å². The predicted molar refractivity (Wildman–Crippen MR) is 109 cm³/mol. The minimum Gasteiger partial charge on any atom is -0.493 e. The molecular weight excluding hydrogens is 375 g/mol. The Morgan fingerprint density at radius 1 is 1.21 bits per heavy atom. The molecule has 3 rings (SSSR count). The Bertz CT molecular complexity index is 844. The quantitative estimate of drug-likeness (QED) is 0.777. The van der Waals surface area contributed by atoms with E-state index >= 15 is 0 Å². The molecule has 0 aliphatic carbocycles. The molecule has 0 spiro atoms. The average molecular weight is 402 g/mol. The Balaban J connectivity index is 1.62. The van der Waals surface area contributed by atoms with Crippen LogP contribution in [0.3, 0.4) is 0 Å². The minimum atomic E-state index is -0.866. The highest BCUT2D eigenvalue weighted by Gasteiger charge is 2.38. The maximum atomic E-state index is 13.4. The van der Waals surface area contributed by atoms with Gasteiger partial charge in [-0.2, -0.15) is 0 Å². The fourth-order valence-electron chi connectivity index (χ4n) is 3.46. The van der Waals surface area contributed by atoms with Crippen molar-refractivity contribution < 1.29 is 23.8 Å². The summed E-state index contributed by atoms with van der Waals surface area (Å²) in [5, 5.41) is 13.8. The maximum absolute atomic E-state index is 13.4. The van der Waals surface area contributed by atoms with Crippen molar-refractivity contribution in [2.75, 3.05) is 25.5 Å². The number of benzene rings is 2. The Morgan fingerprint density at radius 3 is 2.59 bits per heavy atom. The van der Waals surface area contributed by atoms with Crippen LogP contribution in [0, 0.1) is 5.82 Å². The lowest BCUT2D eigenvalue weighted by molar-refractivity contribution is -0.140. The number of amides is 1. The number of para-hydroxylation sites is 1. The van der Waals surface area contributed by atoms with Gasteiger partial charge in [0.1, 0.15) is 23.6 Å². The van der Waals surface area contributed by atoms with Crippen LogP contribution in [0.1, 0.15) is 20.3 Å². The van der Waals surface area contributed by atoms with E-state index in [1.165, 1.54) is 25.3 Å². The van der Waals surface area contributed by atoms with E-state index in [9.17, 15) is 14.3 Å².